The van der Waals surface area contributed by atoms with Gasteiger partial charge in [-0.15, -0.1) is 0 Å². The molecule has 0 saturated carbocycles. The monoisotopic (exact) mass is 244 g/mol. The average molecular weight is 244 g/mol. The summed E-state index contributed by atoms with van der Waals surface area (Å²) in [6, 6.07) is 0. The van der Waals surface area contributed by atoms with E-state index in [0.717, 1.165) is 0 Å². The van der Waals surface area contributed by atoms with Crippen LogP contribution in [0.25, 0.3) is 0 Å². The number of ether oxygens (including phenoxy) is 4. The summed E-state index contributed by atoms with van der Waals surface area (Å²) in [5.74, 6) is -0.417. The summed E-state index contributed by atoms with van der Waals surface area (Å²) < 4.78 is 22.6. The second-order valence-electron chi connectivity index (χ2n) is 5.18. The van der Waals surface area contributed by atoms with Gasteiger partial charge >= 0.3 is 0 Å². The molecule has 0 spiro atoms. The molecular formula is C12H20O5. The molecule has 2 fully saturated rings. The summed E-state index contributed by atoms with van der Waals surface area (Å²) >= 11 is 0. The fourth-order valence-corrected chi connectivity index (χ4v) is 2.29. The van der Waals surface area contributed by atoms with Crippen molar-refractivity contribution >= 4 is 0 Å². The van der Waals surface area contributed by atoms with Crippen LogP contribution in [-0.4, -0.2) is 41.6 Å². The lowest BCUT2D eigenvalue weighted by molar-refractivity contribution is -0.220. The zero-order valence-electron chi connectivity index (χ0n) is 10.7. The van der Waals surface area contributed by atoms with Crippen LogP contribution < -0.4 is 0 Å². The van der Waals surface area contributed by atoms with Crippen LogP contribution in [0.1, 0.15) is 27.7 Å². The van der Waals surface area contributed by atoms with Crippen molar-refractivity contribution in [3.8, 4) is 0 Å². The fraction of sp³-hybridized carbons (Fsp3) is 0.833. The van der Waals surface area contributed by atoms with Crippen molar-refractivity contribution in [2.75, 3.05) is 6.61 Å². The third kappa shape index (κ3) is 1.97. The highest BCUT2D eigenvalue weighted by atomic mass is 16.8. The van der Waals surface area contributed by atoms with Crippen LogP contribution in [-0.2, 0) is 18.9 Å². The summed E-state index contributed by atoms with van der Waals surface area (Å²) in [5, 5.41) is 9.58. The van der Waals surface area contributed by atoms with Gasteiger partial charge in [-0.1, -0.05) is 6.58 Å². The van der Waals surface area contributed by atoms with Gasteiger partial charge in [0.2, 0.25) is 6.29 Å². The van der Waals surface area contributed by atoms with E-state index in [4.69, 9.17) is 18.9 Å². The van der Waals surface area contributed by atoms with E-state index in [1.165, 1.54) is 0 Å². The Morgan fingerprint density at radius 1 is 1.47 bits per heavy atom. The third-order valence-electron chi connectivity index (χ3n) is 2.92. The molecule has 5 heteroatoms. The zero-order valence-corrected chi connectivity index (χ0v) is 10.7. The zero-order chi connectivity index (χ0) is 12.8. The van der Waals surface area contributed by atoms with Gasteiger partial charge in [0, 0.05) is 0 Å². The van der Waals surface area contributed by atoms with Crippen molar-refractivity contribution in [3.63, 3.8) is 0 Å². The maximum absolute atomic E-state index is 9.58. The highest BCUT2D eigenvalue weighted by Crippen LogP contribution is 2.48. The number of rotatable bonds is 3. The molecule has 2 heterocycles. The molecule has 0 unspecified atom stereocenters. The van der Waals surface area contributed by atoms with E-state index in [2.05, 4.69) is 6.58 Å². The first-order chi connectivity index (χ1) is 7.81. The lowest BCUT2D eigenvalue weighted by Gasteiger charge is -2.25. The number of aliphatic hydroxyl groups excluding tert-OH is 1. The Bertz CT molecular complexity index is 325. The van der Waals surface area contributed by atoms with Gasteiger partial charge in [0.25, 0.3) is 0 Å². The van der Waals surface area contributed by atoms with E-state index in [1.54, 1.807) is 13.8 Å². The first kappa shape index (κ1) is 12.8. The standard InChI is InChI=1S/C12H20O5/c1-7(2)14-10-9-12(6-13,8(3)15-10)17-11(4,5)16-9/h7,9-10,13H,3,6H2,1-2,4-5H3/t9-,10+,12+/m0/s1. The van der Waals surface area contributed by atoms with Crippen molar-refractivity contribution in [1.82, 2.24) is 0 Å². The number of fused-ring (bicyclic) bond motifs is 1. The molecule has 0 amide bonds. The van der Waals surface area contributed by atoms with Crippen LogP contribution in [0, 0.1) is 0 Å². The normalized spacial score (nSPS) is 39.5. The van der Waals surface area contributed by atoms with E-state index >= 15 is 0 Å². The van der Waals surface area contributed by atoms with E-state index in [-0.39, 0.29) is 12.7 Å². The van der Waals surface area contributed by atoms with Crippen LogP contribution in [0.3, 0.4) is 0 Å². The molecule has 0 aromatic carbocycles. The van der Waals surface area contributed by atoms with Gasteiger partial charge in [0.15, 0.2) is 17.5 Å². The summed E-state index contributed by atoms with van der Waals surface area (Å²) in [4.78, 5) is 0. The maximum Gasteiger partial charge on any atom is 0.229 e. The van der Waals surface area contributed by atoms with E-state index in [9.17, 15) is 5.11 Å². The lowest BCUT2D eigenvalue weighted by atomic mass is 9.98. The quantitative estimate of drug-likeness (QED) is 0.807. The van der Waals surface area contributed by atoms with Crippen molar-refractivity contribution in [3.05, 3.63) is 12.3 Å². The van der Waals surface area contributed by atoms with Gasteiger partial charge in [0.05, 0.1) is 12.7 Å². The average Bonchev–Trinajstić information content (AvgIpc) is 2.59. The van der Waals surface area contributed by atoms with Crippen molar-refractivity contribution in [2.24, 2.45) is 0 Å². The van der Waals surface area contributed by atoms with Crippen molar-refractivity contribution in [1.29, 1.82) is 0 Å². The Kier molecular flexibility index (Phi) is 2.98. The predicted octanol–water partition coefficient (Wildman–Crippen LogP) is 1.16. The highest BCUT2D eigenvalue weighted by Gasteiger charge is 2.64. The van der Waals surface area contributed by atoms with E-state index in [1.807, 2.05) is 13.8 Å². The SMILES string of the molecule is C=C1O[C@@H](OC(C)C)[C@@H]2OC(C)(C)O[C@]12CO. The van der Waals surface area contributed by atoms with Gasteiger partial charge in [-0.3, -0.25) is 0 Å². The minimum atomic E-state index is -1.01. The van der Waals surface area contributed by atoms with Crippen molar-refractivity contribution < 1.29 is 24.1 Å². The molecule has 5 nitrogen and oxygen atoms in total. The van der Waals surface area contributed by atoms with E-state index in [0.29, 0.717) is 5.76 Å². The van der Waals surface area contributed by atoms with Gasteiger partial charge in [0.1, 0.15) is 5.76 Å². The van der Waals surface area contributed by atoms with Gasteiger partial charge < -0.3 is 24.1 Å². The smallest absolute Gasteiger partial charge is 0.229 e. The lowest BCUT2D eigenvalue weighted by Crippen LogP contribution is -2.44. The molecule has 2 rings (SSSR count). The summed E-state index contributed by atoms with van der Waals surface area (Å²) in [6.45, 7) is 11.0. The molecule has 3 atom stereocenters. The van der Waals surface area contributed by atoms with Gasteiger partial charge in [-0.25, -0.2) is 0 Å². The predicted molar refractivity (Wildman–Crippen MR) is 60.1 cm³/mol. The Balaban J connectivity index is 2.26. The third-order valence-corrected chi connectivity index (χ3v) is 2.92. The maximum atomic E-state index is 9.58. The molecular weight excluding hydrogens is 224 g/mol. The molecule has 0 radical (unpaired) electrons. The molecule has 0 aromatic rings. The molecule has 0 bridgehead atoms. The van der Waals surface area contributed by atoms with E-state index < -0.39 is 23.8 Å². The van der Waals surface area contributed by atoms with Crippen LogP contribution in [0.5, 0.6) is 0 Å². The molecule has 2 saturated heterocycles. The van der Waals surface area contributed by atoms with Crippen LogP contribution >= 0.6 is 0 Å². The molecule has 0 aliphatic carbocycles. The number of hydrogen-bond acceptors (Lipinski definition) is 5. The second-order valence-corrected chi connectivity index (χ2v) is 5.18. The molecule has 2 aliphatic rings. The van der Waals surface area contributed by atoms with Crippen LogP contribution in [0.2, 0.25) is 0 Å². The Morgan fingerprint density at radius 2 is 2.12 bits per heavy atom. The van der Waals surface area contributed by atoms with Crippen LogP contribution in [0.4, 0.5) is 0 Å². The first-order valence-corrected chi connectivity index (χ1v) is 5.81. The second kappa shape index (κ2) is 3.95. The summed E-state index contributed by atoms with van der Waals surface area (Å²) in [5.41, 5.74) is -1.01. The Hall–Kier alpha value is -0.620. The first-order valence-electron chi connectivity index (χ1n) is 5.81. The molecule has 2 aliphatic heterocycles. The Labute approximate surface area is 101 Å². The number of aliphatic hydroxyl groups is 1. The molecule has 17 heavy (non-hydrogen) atoms. The largest absolute Gasteiger partial charge is 0.464 e. The minimum absolute atomic E-state index is 0.00500. The molecule has 98 valence electrons. The molecule has 1 N–H and O–H groups in total. The highest BCUT2D eigenvalue weighted by molar-refractivity contribution is 5.20. The van der Waals surface area contributed by atoms with Gasteiger partial charge in [-0.2, -0.15) is 0 Å². The summed E-state index contributed by atoms with van der Waals surface area (Å²) in [6.07, 6.45) is -1.08. The topological polar surface area (TPSA) is 57.2 Å². The summed E-state index contributed by atoms with van der Waals surface area (Å²) in [7, 11) is 0. The van der Waals surface area contributed by atoms with Gasteiger partial charge in [-0.05, 0) is 27.7 Å². The number of hydrogen-bond donors (Lipinski definition) is 1. The fourth-order valence-electron chi connectivity index (χ4n) is 2.29. The van der Waals surface area contributed by atoms with Crippen molar-refractivity contribution in [2.45, 2.75) is 57.6 Å². The molecule has 0 aromatic heterocycles. The Morgan fingerprint density at radius 3 is 2.65 bits per heavy atom. The minimum Gasteiger partial charge on any atom is -0.464 e. The van der Waals surface area contributed by atoms with Crippen LogP contribution in [0.15, 0.2) is 12.3 Å².